The van der Waals surface area contributed by atoms with E-state index < -0.39 is 0 Å². The summed E-state index contributed by atoms with van der Waals surface area (Å²) in [7, 11) is 1.90. The van der Waals surface area contributed by atoms with E-state index in [4.69, 9.17) is 5.73 Å². The van der Waals surface area contributed by atoms with E-state index in [1.165, 1.54) is 12.8 Å². The molecule has 98 valence electrons. The second-order valence-corrected chi connectivity index (χ2v) is 5.27. The number of nitrogens with zero attached hydrogens (tertiary/aromatic N) is 1. The molecule has 1 aliphatic rings. The highest BCUT2D eigenvalue weighted by atomic mass is 16.2. The minimum atomic E-state index is -0.0375. The summed E-state index contributed by atoms with van der Waals surface area (Å²) in [5, 5.41) is 0. The molecule has 1 amide bonds. The van der Waals surface area contributed by atoms with Gasteiger partial charge in [0.2, 0.25) is 5.91 Å². The lowest BCUT2D eigenvalue weighted by Gasteiger charge is -2.18. The molecule has 1 unspecified atom stereocenters. The lowest BCUT2D eigenvalue weighted by atomic mass is 10.0. The minimum Gasteiger partial charge on any atom is -0.345 e. The predicted octanol–water partition coefficient (Wildman–Crippen LogP) is 2.33. The molecule has 0 radical (unpaired) electrons. The first kappa shape index (κ1) is 13.1. The van der Waals surface area contributed by atoms with Crippen LogP contribution in [0.2, 0.25) is 0 Å². The van der Waals surface area contributed by atoms with Gasteiger partial charge >= 0.3 is 0 Å². The van der Waals surface area contributed by atoms with Crippen LogP contribution in [-0.4, -0.2) is 24.4 Å². The molecule has 1 aliphatic carbocycles. The average molecular weight is 246 g/mol. The zero-order valence-corrected chi connectivity index (χ0v) is 11.0. The topological polar surface area (TPSA) is 46.3 Å². The Labute approximate surface area is 109 Å². The summed E-state index contributed by atoms with van der Waals surface area (Å²) in [6.45, 7) is 0.916. The summed E-state index contributed by atoms with van der Waals surface area (Å²) in [6, 6.07) is 9.94. The van der Waals surface area contributed by atoms with E-state index in [9.17, 15) is 4.79 Å². The molecule has 0 heterocycles. The zero-order chi connectivity index (χ0) is 13.0. The normalized spacial score (nSPS) is 16.3. The quantitative estimate of drug-likeness (QED) is 0.837. The van der Waals surface area contributed by atoms with Gasteiger partial charge in [-0.15, -0.1) is 0 Å². The van der Waals surface area contributed by atoms with Crippen molar-refractivity contribution in [3.05, 3.63) is 35.9 Å². The van der Waals surface area contributed by atoms with Gasteiger partial charge in [0.15, 0.2) is 0 Å². The molecule has 3 heteroatoms. The Morgan fingerprint density at radius 3 is 2.67 bits per heavy atom. The zero-order valence-electron chi connectivity index (χ0n) is 11.0. The van der Waals surface area contributed by atoms with E-state index in [1.54, 1.807) is 0 Å². The molecule has 0 saturated heterocycles. The van der Waals surface area contributed by atoms with E-state index in [2.05, 4.69) is 0 Å². The first-order chi connectivity index (χ1) is 8.66. The van der Waals surface area contributed by atoms with Gasteiger partial charge in [-0.05, 0) is 30.7 Å². The standard InChI is InChI=1S/C15H22N2O/c1-17(11-12-7-8-12)15(18)10-9-14(16)13-5-3-2-4-6-13/h2-6,12,14H,7-11,16H2,1H3. The van der Waals surface area contributed by atoms with Crippen LogP contribution in [0.4, 0.5) is 0 Å². The summed E-state index contributed by atoms with van der Waals surface area (Å²) < 4.78 is 0. The number of rotatable bonds is 6. The number of amides is 1. The maximum absolute atomic E-state index is 11.9. The fraction of sp³-hybridized carbons (Fsp3) is 0.533. The van der Waals surface area contributed by atoms with Gasteiger partial charge in [-0.3, -0.25) is 4.79 Å². The van der Waals surface area contributed by atoms with Crippen molar-refractivity contribution in [3.8, 4) is 0 Å². The van der Waals surface area contributed by atoms with Gasteiger partial charge in [-0.1, -0.05) is 30.3 Å². The molecule has 0 aromatic heterocycles. The summed E-state index contributed by atoms with van der Waals surface area (Å²) >= 11 is 0. The summed E-state index contributed by atoms with van der Waals surface area (Å²) in [5.41, 5.74) is 7.19. The Kier molecular flexibility index (Phi) is 4.37. The van der Waals surface area contributed by atoms with E-state index in [0.29, 0.717) is 6.42 Å². The van der Waals surface area contributed by atoms with Crippen molar-refractivity contribution in [1.29, 1.82) is 0 Å². The number of benzene rings is 1. The van der Waals surface area contributed by atoms with E-state index in [-0.39, 0.29) is 11.9 Å². The van der Waals surface area contributed by atoms with E-state index in [1.807, 2.05) is 42.3 Å². The van der Waals surface area contributed by atoms with E-state index in [0.717, 1.165) is 24.4 Å². The lowest BCUT2D eigenvalue weighted by molar-refractivity contribution is -0.130. The molecular formula is C15H22N2O. The number of hydrogen-bond donors (Lipinski definition) is 1. The smallest absolute Gasteiger partial charge is 0.222 e. The Morgan fingerprint density at radius 2 is 2.06 bits per heavy atom. The predicted molar refractivity (Wildman–Crippen MR) is 73.0 cm³/mol. The third-order valence-electron chi connectivity index (χ3n) is 3.55. The monoisotopic (exact) mass is 246 g/mol. The van der Waals surface area contributed by atoms with Gasteiger partial charge in [0.1, 0.15) is 0 Å². The maximum atomic E-state index is 11.9. The van der Waals surface area contributed by atoms with Crippen LogP contribution < -0.4 is 5.73 Å². The van der Waals surface area contributed by atoms with Crippen molar-refractivity contribution in [3.63, 3.8) is 0 Å². The molecular weight excluding hydrogens is 224 g/mol. The molecule has 0 bridgehead atoms. The molecule has 1 aromatic carbocycles. The Morgan fingerprint density at radius 1 is 1.39 bits per heavy atom. The van der Waals surface area contributed by atoms with Crippen LogP contribution in [0.5, 0.6) is 0 Å². The SMILES string of the molecule is CN(CC1CC1)C(=O)CCC(N)c1ccccc1. The number of carbonyl (C=O) groups excluding carboxylic acids is 1. The van der Waals surface area contributed by atoms with Gasteiger partial charge in [0, 0.05) is 26.1 Å². The van der Waals surface area contributed by atoms with Crippen LogP contribution >= 0.6 is 0 Å². The highest BCUT2D eigenvalue weighted by Crippen LogP contribution is 2.29. The molecule has 18 heavy (non-hydrogen) atoms. The Balaban J connectivity index is 1.74. The van der Waals surface area contributed by atoms with Crippen molar-refractivity contribution >= 4 is 5.91 Å². The van der Waals surface area contributed by atoms with Crippen LogP contribution in [0.25, 0.3) is 0 Å². The van der Waals surface area contributed by atoms with Gasteiger partial charge in [0.05, 0.1) is 0 Å². The summed E-state index contributed by atoms with van der Waals surface area (Å²) in [5.74, 6) is 0.968. The van der Waals surface area contributed by atoms with Crippen molar-refractivity contribution < 1.29 is 4.79 Å². The summed E-state index contributed by atoms with van der Waals surface area (Å²) in [6.07, 6.45) is 3.82. The average Bonchev–Trinajstić information content (AvgIpc) is 3.20. The van der Waals surface area contributed by atoms with Crippen LogP contribution in [0.1, 0.15) is 37.3 Å². The molecule has 0 aliphatic heterocycles. The van der Waals surface area contributed by atoms with Gasteiger partial charge in [-0.25, -0.2) is 0 Å². The first-order valence-electron chi connectivity index (χ1n) is 6.71. The van der Waals surface area contributed by atoms with Crippen LogP contribution in [0.15, 0.2) is 30.3 Å². The van der Waals surface area contributed by atoms with Crippen LogP contribution in [0, 0.1) is 5.92 Å². The molecule has 1 atom stereocenters. The fourth-order valence-corrected chi connectivity index (χ4v) is 2.13. The highest BCUT2D eigenvalue weighted by molar-refractivity contribution is 5.75. The largest absolute Gasteiger partial charge is 0.345 e. The highest BCUT2D eigenvalue weighted by Gasteiger charge is 2.24. The third-order valence-corrected chi connectivity index (χ3v) is 3.55. The number of hydrogen-bond acceptors (Lipinski definition) is 2. The van der Waals surface area contributed by atoms with E-state index >= 15 is 0 Å². The molecule has 0 spiro atoms. The molecule has 1 saturated carbocycles. The van der Waals surface area contributed by atoms with Gasteiger partial charge in [0.25, 0.3) is 0 Å². The minimum absolute atomic E-state index is 0.0375. The van der Waals surface area contributed by atoms with Crippen molar-refractivity contribution in [2.24, 2.45) is 11.7 Å². The van der Waals surface area contributed by atoms with Crippen molar-refractivity contribution in [1.82, 2.24) is 4.90 Å². The molecule has 1 aromatic rings. The number of carbonyl (C=O) groups is 1. The number of nitrogens with two attached hydrogens (primary N) is 1. The Hall–Kier alpha value is -1.35. The lowest BCUT2D eigenvalue weighted by Crippen LogP contribution is -2.29. The second kappa shape index (κ2) is 6.01. The molecule has 2 N–H and O–H groups in total. The molecule has 2 rings (SSSR count). The second-order valence-electron chi connectivity index (χ2n) is 5.27. The van der Waals surface area contributed by atoms with Gasteiger partial charge in [-0.2, -0.15) is 0 Å². The summed E-state index contributed by atoms with van der Waals surface area (Å²) in [4.78, 5) is 13.8. The Bertz CT molecular complexity index is 387. The van der Waals surface area contributed by atoms with Crippen molar-refractivity contribution in [2.75, 3.05) is 13.6 Å². The molecule has 3 nitrogen and oxygen atoms in total. The molecule has 1 fully saturated rings. The maximum Gasteiger partial charge on any atom is 0.222 e. The van der Waals surface area contributed by atoms with Crippen molar-refractivity contribution in [2.45, 2.75) is 31.7 Å². The van der Waals surface area contributed by atoms with Crippen LogP contribution in [-0.2, 0) is 4.79 Å². The fourth-order valence-electron chi connectivity index (χ4n) is 2.13. The third kappa shape index (κ3) is 3.84. The first-order valence-corrected chi connectivity index (χ1v) is 6.71. The van der Waals surface area contributed by atoms with Gasteiger partial charge < -0.3 is 10.6 Å². The van der Waals surface area contributed by atoms with Crippen LogP contribution in [0.3, 0.4) is 0 Å².